The molecule has 28 heavy (non-hydrogen) atoms. The standard InChI is InChI=1S/C23H23N3O2/c24-16-20(22(27)23(28)26-19-14-8-3-9-15-19)21(17-10-4-1-5-11-17)25-18-12-6-2-7-13-18/h1-2,4-7,10-13,19,25H,3,8-9,14-15H2,(H,26,28)/b21-20+. The van der Waals surface area contributed by atoms with Crippen molar-refractivity contribution < 1.29 is 9.59 Å². The first kappa shape index (κ1) is 19.4. The molecule has 2 aromatic rings. The average molecular weight is 373 g/mol. The lowest BCUT2D eigenvalue weighted by atomic mass is 9.95. The summed E-state index contributed by atoms with van der Waals surface area (Å²) in [4.78, 5) is 25.3. The molecule has 1 aliphatic carbocycles. The fourth-order valence-electron chi connectivity index (χ4n) is 3.38. The van der Waals surface area contributed by atoms with Crippen molar-refractivity contribution in [1.82, 2.24) is 5.32 Å². The van der Waals surface area contributed by atoms with Gasteiger partial charge in [-0.3, -0.25) is 9.59 Å². The Morgan fingerprint density at radius 2 is 1.50 bits per heavy atom. The second kappa shape index (κ2) is 9.52. The van der Waals surface area contributed by atoms with Crippen LogP contribution in [0.3, 0.4) is 0 Å². The number of nitrogens with one attached hydrogen (secondary N) is 2. The molecular weight excluding hydrogens is 350 g/mol. The Morgan fingerprint density at radius 1 is 0.893 bits per heavy atom. The molecule has 0 saturated heterocycles. The van der Waals surface area contributed by atoms with Crippen molar-refractivity contribution in [3.63, 3.8) is 0 Å². The summed E-state index contributed by atoms with van der Waals surface area (Å²) in [6.45, 7) is 0. The minimum atomic E-state index is -0.810. The van der Waals surface area contributed by atoms with E-state index in [0.717, 1.165) is 37.8 Å². The van der Waals surface area contributed by atoms with Crippen molar-refractivity contribution >= 4 is 23.1 Å². The molecule has 0 atom stereocenters. The molecule has 0 aliphatic heterocycles. The molecule has 1 fully saturated rings. The number of nitrogens with zero attached hydrogens (tertiary/aromatic N) is 1. The van der Waals surface area contributed by atoms with E-state index in [1.54, 1.807) is 12.1 Å². The Hall–Kier alpha value is -3.39. The van der Waals surface area contributed by atoms with Gasteiger partial charge in [0.25, 0.3) is 11.7 Å². The topological polar surface area (TPSA) is 82.0 Å². The first-order valence-corrected chi connectivity index (χ1v) is 9.56. The summed E-state index contributed by atoms with van der Waals surface area (Å²) in [5, 5.41) is 15.7. The summed E-state index contributed by atoms with van der Waals surface area (Å²) in [7, 11) is 0. The molecule has 0 heterocycles. The van der Waals surface area contributed by atoms with Gasteiger partial charge in [-0.05, 0) is 30.5 Å². The van der Waals surface area contributed by atoms with E-state index in [9.17, 15) is 14.9 Å². The van der Waals surface area contributed by atoms with Crippen LogP contribution < -0.4 is 10.6 Å². The molecule has 0 unspecified atom stereocenters. The second-order valence-corrected chi connectivity index (χ2v) is 6.86. The van der Waals surface area contributed by atoms with Crippen molar-refractivity contribution in [3.05, 3.63) is 71.8 Å². The molecule has 0 spiro atoms. The lowest BCUT2D eigenvalue weighted by Gasteiger charge is -2.22. The summed E-state index contributed by atoms with van der Waals surface area (Å²) in [5.74, 6) is -1.53. The lowest BCUT2D eigenvalue weighted by molar-refractivity contribution is -0.136. The number of nitriles is 1. The molecule has 5 nitrogen and oxygen atoms in total. The second-order valence-electron chi connectivity index (χ2n) is 6.86. The highest BCUT2D eigenvalue weighted by molar-refractivity contribution is 6.45. The normalized spacial score (nSPS) is 15.1. The molecule has 2 N–H and O–H groups in total. The zero-order chi connectivity index (χ0) is 19.8. The summed E-state index contributed by atoms with van der Waals surface area (Å²) in [6.07, 6.45) is 5.00. The van der Waals surface area contributed by atoms with Gasteiger partial charge in [0.1, 0.15) is 11.6 Å². The Labute approximate surface area is 165 Å². The van der Waals surface area contributed by atoms with Crippen LogP contribution in [0.15, 0.2) is 66.2 Å². The zero-order valence-corrected chi connectivity index (χ0v) is 15.7. The quantitative estimate of drug-likeness (QED) is 0.455. The average Bonchev–Trinajstić information content (AvgIpc) is 2.75. The van der Waals surface area contributed by atoms with Crippen molar-refractivity contribution in [3.8, 4) is 6.07 Å². The van der Waals surface area contributed by atoms with Gasteiger partial charge in [-0.15, -0.1) is 0 Å². The van der Waals surface area contributed by atoms with E-state index in [1.807, 2.05) is 54.6 Å². The highest BCUT2D eigenvalue weighted by atomic mass is 16.2. The van der Waals surface area contributed by atoms with E-state index in [4.69, 9.17) is 0 Å². The summed E-state index contributed by atoms with van der Waals surface area (Å²) in [6, 6.07) is 20.3. The largest absolute Gasteiger partial charge is 0.354 e. The first-order chi connectivity index (χ1) is 13.7. The van der Waals surface area contributed by atoms with Crippen LogP contribution in [0.5, 0.6) is 0 Å². The number of Topliss-reactive ketones (excluding diaryl/α,β-unsaturated/α-hetero) is 1. The van der Waals surface area contributed by atoms with Gasteiger partial charge < -0.3 is 10.6 Å². The maximum atomic E-state index is 12.8. The van der Waals surface area contributed by atoms with E-state index in [0.29, 0.717) is 11.3 Å². The summed E-state index contributed by atoms with van der Waals surface area (Å²) < 4.78 is 0. The van der Waals surface area contributed by atoms with Gasteiger partial charge in [0.05, 0.1) is 5.70 Å². The third-order valence-electron chi connectivity index (χ3n) is 4.84. The van der Waals surface area contributed by atoms with Crippen LogP contribution in [0.1, 0.15) is 37.7 Å². The molecule has 142 valence electrons. The highest BCUT2D eigenvalue weighted by Gasteiger charge is 2.26. The number of para-hydroxylation sites is 1. The van der Waals surface area contributed by atoms with Crippen LogP contribution in [-0.2, 0) is 9.59 Å². The Balaban J connectivity index is 1.91. The number of hydrogen-bond acceptors (Lipinski definition) is 4. The lowest BCUT2D eigenvalue weighted by Crippen LogP contribution is -2.41. The molecule has 2 aromatic carbocycles. The van der Waals surface area contributed by atoms with Gasteiger partial charge in [-0.2, -0.15) is 5.26 Å². The van der Waals surface area contributed by atoms with Crippen molar-refractivity contribution in [2.75, 3.05) is 5.32 Å². The van der Waals surface area contributed by atoms with Gasteiger partial charge in [0.15, 0.2) is 0 Å². The van der Waals surface area contributed by atoms with Gasteiger partial charge >= 0.3 is 0 Å². The smallest absolute Gasteiger partial charge is 0.293 e. The number of ketones is 1. The molecule has 1 amide bonds. The third kappa shape index (κ3) is 4.86. The molecule has 5 heteroatoms. The summed E-state index contributed by atoms with van der Waals surface area (Å²) >= 11 is 0. The number of rotatable bonds is 6. The minimum absolute atomic E-state index is 0.00685. The van der Waals surface area contributed by atoms with Crippen LogP contribution in [0.4, 0.5) is 5.69 Å². The van der Waals surface area contributed by atoms with Crippen LogP contribution in [0.2, 0.25) is 0 Å². The SMILES string of the molecule is N#C/C(C(=O)C(=O)NC1CCCCC1)=C(\Nc1ccccc1)c1ccccc1. The van der Waals surface area contributed by atoms with Gasteiger partial charge in [-0.1, -0.05) is 67.8 Å². The van der Waals surface area contributed by atoms with E-state index < -0.39 is 11.7 Å². The van der Waals surface area contributed by atoms with Crippen LogP contribution in [-0.4, -0.2) is 17.7 Å². The van der Waals surface area contributed by atoms with Crippen LogP contribution >= 0.6 is 0 Å². The van der Waals surface area contributed by atoms with E-state index in [1.165, 1.54) is 0 Å². The Bertz CT molecular complexity index is 892. The summed E-state index contributed by atoms with van der Waals surface area (Å²) in [5.41, 5.74) is 1.54. The highest BCUT2D eigenvalue weighted by Crippen LogP contribution is 2.23. The number of carbonyl (C=O) groups is 2. The predicted octanol–water partition coefficient (Wildman–Crippen LogP) is 4.05. The maximum absolute atomic E-state index is 12.8. The van der Waals surface area contributed by atoms with Gasteiger partial charge in [0.2, 0.25) is 0 Å². The molecule has 0 bridgehead atoms. The number of amides is 1. The predicted molar refractivity (Wildman–Crippen MR) is 109 cm³/mol. The monoisotopic (exact) mass is 373 g/mol. The van der Waals surface area contributed by atoms with Crippen LogP contribution in [0, 0.1) is 11.3 Å². The van der Waals surface area contributed by atoms with Crippen molar-refractivity contribution in [1.29, 1.82) is 5.26 Å². The van der Waals surface area contributed by atoms with E-state index in [2.05, 4.69) is 10.6 Å². The Morgan fingerprint density at radius 3 is 2.11 bits per heavy atom. The number of carbonyl (C=O) groups excluding carboxylic acids is 2. The van der Waals surface area contributed by atoms with Crippen LogP contribution in [0.25, 0.3) is 5.70 Å². The Kier molecular flexibility index (Phi) is 6.59. The molecule has 0 radical (unpaired) electrons. The fourth-order valence-corrected chi connectivity index (χ4v) is 3.38. The van der Waals surface area contributed by atoms with Crippen molar-refractivity contribution in [2.45, 2.75) is 38.1 Å². The number of benzene rings is 2. The molecule has 3 rings (SSSR count). The molecular formula is C23H23N3O2. The zero-order valence-electron chi connectivity index (χ0n) is 15.7. The molecule has 1 aliphatic rings. The van der Waals surface area contributed by atoms with E-state index in [-0.39, 0.29) is 11.6 Å². The number of hydrogen-bond donors (Lipinski definition) is 2. The van der Waals surface area contributed by atoms with Gasteiger partial charge in [0, 0.05) is 11.7 Å². The molecule has 1 saturated carbocycles. The maximum Gasteiger partial charge on any atom is 0.293 e. The van der Waals surface area contributed by atoms with Crippen molar-refractivity contribution in [2.24, 2.45) is 0 Å². The fraction of sp³-hybridized carbons (Fsp3) is 0.261. The third-order valence-corrected chi connectivity index (χ3v) is 4.84. The number of anilines is 1. The molecule has 0 aromatic heterocycles. The van der Waals surface area contributed by atoms with E-state index >= 15 is 0 Å². The first-order valence-electron chi connectivity index (χ1n) is 9.56. The van der Waals surface area contributed by atoms with Gasteiger partial charge in [-0.25, -0.2) is 0 Å². The minimum Gasteiger partial charge on any atom is -0.354 e.